The summed E-state index contributed by atoms with van der Waals surface area (Å²) in [6.07, 6.45) is 0. The van der Waals surface area contributed by atoms with Crippen molar-refractivity contribution in [3.63, 3.8) is 0 Å². The molecule has 0 fully saturated rings. The Morgan fingerprint density at radius 3 is 1.82 bits per heavy atom. The fourth-order valence-corrected chi connectivity index (χ4v) is 3.57. The van der Waals surface area contributed by atoms with E-state index in [1.54, 1.807) is 0 Å². The summed E-state index contributed by atoms with van der Waals surface area (Å²) >= 11 is 3.54. The van der Waals surface area contributed by atoms with Crippen molar-refractivity contribution in [2.24, 2.45) is 0 Å². The summed E-state index contributed by atoms with van der Waals surface area (Å²) in [4.78, 5) is 0. The fraction of sp³-hybridized carbons (Fsp3) is 0.500. The molecule has 0 aliphatic heterocycles. The number of halogens is 1. The highest BCUT2D eigenvalue weighted by atomic mass is 79.9. The molecule has 0 aliphatic rings. The van der Waals surface area contributed by atoms with E-state index in [2.05, 4.69) is 55.2 Å². The minimum Gasteiger partial charge on any atom is -0.544 e. The van der Waals surface area contributed by atoms with Gasteiger partial charge in [-0.25, -0.2) is 0 Å². The zero-order valence-electron chi connectivity index (χ0n) is 11.4. The molecule has 0 radical (unpaired) electrons. The summed E-state index contributed by atoms with van der Waals surface area (Å²) < 4.78 is 12.9. The summed E-state index contributed by atoms with van der Waals surface area (Å²) in [5.41, 5.74) is 0. The maximum atomic E-state index is 5.97. The Kier molecular flexibility index (Phi) is 4.49. The maximum Gasteiger partial charge on any atom is 0.242 e. The Morgan fingerprint density at radius 1 is 0.882 bits per heavy atom. The zero-order chi connectivity index (χ0) is 13.3. The van der Waals surface area contributed by atoms with Gasteiger partial charge in [-0.1, -0.05) is 0 Å². The molecule has 0 heterocycles. The van der Waals surface area contributed by atoms with Crippen molar-refractivity contribution in [1.82, 2.24) is 0 Å². The van der Waals surface area contributed by atoms with Crippen LogP contribution in [0.5, 0.6) is 11.5 Å². The zero-order valence-corrected chi connectivity index (χ0v) is 15.0. The molecule has 0 saturated carbocycles. The van der Waals surface area contributed by atoms with E-state index in [1.165, 1.54) is 0 Å². The highest BCUT2D eigenvalue weighted by molar-refractivity contribution is 9.10. The molecule has 0 amide bonds. The molecule has 1 aromatic rings. The van der Waals surface area contributed by atoms with Gasteiger partial charge in [0.25, 0.3) is 0 Å². The number of hydrogen-bond acceptors (Lipinski definition) is 2. The highest BCUT2D eigenvalue weighted by Gasteiger charge is 2.19. The molecule has 0 atom stereocenters. The third kappa shape index (κ3) is 5.74. The molecular formula is C12H21BrO2Si2. The largest absolute Gasteiger partial charge is 0.544 e. The Morgan fingerprint density at radius 2 is 1.41 bits per heavy atom. The van der Waals surface area contributed by atoms with Crippen LogP contribution in [-0.2, 0) is 0 Å². The summed E-state index contributed by atoms with van der Waals surface area (Å²) in [7, 11) is -3.09. The van der Waals surface area contributed by atoms with Crippen molar-refractivity contribution >= 4 is 32.6 Å². The first-order valence-corrected chi connectivity index (χ1v) is 13.4. The maximum absolute atomic E-state index is 5.97. The van der Waals surface area contributed by atoms with Gasteiger partial charge in [-0.05, 0) is 73.4 Å². The minimum absolute atomic E-state index is 0.909. The smallest absolute Gasteiger partial charge is 0.242 e. The summed E-state index contributed by atoms with van der Waals surface area (Å²) in [6, 6.07) is 5.96. The molecule has 0 saturated heterocycles. The third-order valence-corrected chi connectivity index (χ3v) is 4.04. The monoisotopic (exact) mass is 332 g/mol. The summed E-state index contributed by atoms with van der Waals surface area (Å²) in [5, 5.41) is 0. The molecule has 17 heavy (non-hydrogen) atoms. The predicted octanol–water partition coefficient (Wildman–Crippen LogP) is 4.88. The lowest BCUT2D eigenvalue weighted by Gasteiger charge is -2.22. The second kappa shape index (κ2) is 5.16. The topological polar surface area (TPSA) is 18.5 Å². The van der Waals surface area contributed by atoms with E-state index < -0.39 is 16.6 Å². The van der Waals surface area contributed by atoms with E-state index >= 15 is 0 Å². The first kappa shape index (κ1) is 14.8. The summed E-state index contributed by atoms with van der Waals surface area (Å²) in [6.45, 7) is 13.0. The average Bonchev–Trinajstić information content (AvgIpc) is 2.05. The second-order valence-corrected chi connectivity index (χ2v) is 15.7. The lowest BCUT2D eigenvalue weighted by Crippen LogP contribution is -2.30. The molecular weight excluding hydrogens is 312 g/mol. The molecule has 5 heteroatoms. The number of hydrogen-bond donors (Lipinski definition) is 0. The van der Waals surface area contributed by atoms with Crippen LogP contribution in [0.4, 0.5) is 0 Å². The Bertz CT molecular complexity index is 394. The van der Waals surface area contributed by atoms with Crippen molar-refractivity contribution in [3.8, 4) is 11.5 Å². The van der Waals surface area contributed by atoms with E-state index in [0.29, 0.717) is 0 Å². The van der Waals surface area contributed by atoms with Gasteiger partial charge in [-0.15, -0.1) is 0 Å². The minimum atomic E-state index is -1.56. The Hall–Kier alpha value is -0.266. The first-order valence-electron chi connectivity index (χ1n) is 5.74. The van der Waals surface area contributed by atoms with E-state index in [4.69, 9.17) is 8.85 Å². The molecule has 0 aliphatic carbocycles. The van der Waals surface area contributed by atoms with Gasteiger partial charge in [0.15, 0.2) is 0 Å². The number of benzene rings is 1. The molecule has 96 valence electrons. The molecule has 2 nitrogen and oxygen atoms in total. The van der Waals surface area contributed by atoms with E-state index in [1.807, 2.05) is 18.2 Å². The van der Waals surface area contributed by atoms with E-state index in [0.717, 1.165) is 16.0 Å². The standard InChI is InChI=1S/C12H21BrO2Si2/c1-16(2,3)14-10-7-8-12(11(13)9-10)15-17(4,5)6/h7-9H,1-6H3. The van der Waals surface area contributed by atoms with Gasteiger partial charge >= 0.3 is 0 Å². The molecule has 1 rings (SSSR count). The average molecular weight is 333 g/mol. The van der Waals surface area contributed by atoms with Crippen LogP contribution in [0, 0.1) is 0 Å². The SMILES string of the molecule is C[Si](C)(C)Oc1ccc(O[Si](C)(C)C)c(Br)c1. The molecule has 0 spiro atoms. The fourth-order valence-electron chi connectivity index (χ4n) is 1.31. The lowest BCUT2D eigenvalue weighted by molar-refractivity contribution is 0.539. The predicted molar refractivity (Wildman–Crippen MR) is 82.1 cm³/mol. The van der Waals surface area contributed by atoms with Gasteiger partial charge in [-0.3, -0.25) is 0 Å². The van der Waals surface area contributed by atoms with Crippen molar-refractivity contribution in [3.05, 3.63) is 22.7 Å². The van der Waals surface area contributed by atoms with Crippen molar-refractivity contribution in [1.29, 1.82) is 0 Å². The van der Waals surface area contributed by atoms with E-state index in [9.17, 15) is 0 Å². The van der Waals surface area contributed by atoms with Gasteiger partial charge in [0.2, 0.25) is 16.6 Å². The number of rotatable bonds is 4. The summed E-state index contributed by atoms with van der Waals surface area (Å²) in [5.74, 6) is 1.83. The highest BCUT2D eigenvalue weighted by Crippen LogP contribution is 2.31. The second-order valence-electron chi connectivity index (χ2n) is 6.02. The van der Waals surface area contributed by atoms with Crippen molar-refractivity contribution in [2.45, 2.75) is 39.3 Å². The van der Waals surface area contributed by atoms with Crippen LogP contribution in [-0.4, -0.2) is 16.6 Å². The molecule has 0 aromatic heterocycles. The van der Waals surface area contributed by atoms with Gasteiger partial charge in [-0.2, -0.15) is 0 Å². The third-order valence-electron chi connectivity index (χ3n) is 1.74. The van der Waals surface area contributed by atoms with Crippen LogP contribution in [0.25, 0.3) is 0 Å². The molecule has 1 aromatic carbocycles. The normalized spacial score (nSPS) is 12.4. The lowest BCUT2D eigenvalue weighted by atomic mass is 10.3. The first-order chi connectivity index (χ1) is 7.57. The Balaban J connectivity index is 2.87. The van der Waals surface area contributed by atoms with Crippen LogP contribution in [0.15, 0.2) is 22.7 Å². The molecule has 0 unspecified atom stereocenters. The Labute approximate surface area is 115 Å². The van der Waals surface area contributed by atoms with Crippen molar-refractivity contribution < 1.29 is 8.85 Å². The van der Waals surface area contributed by atoms with E-state index in [-0.39, 0.29) is 0 Å². The van der Waals surface area contributed by atoms with Crippen LogP contribution in [0.2, 0.25) is 39.3 Å². The van der Waals surface area contributed by atoms with Gasteiger partial charge in [0.05, 0.1) is 4.47 Å². The van der Waals surface area contributed by atoms with Gasteiger partial charge in [0, 0.05) is 0 Å². The van der Waals surface area contributed by atoms with Crippen LogP contribution in [0.1, 0.15) is 0 Å². The van der Waals surface area contributed by atoms with Gasteiger partial charge in [0.1, 0.15) is 11.5 Å². The van der Waals surface area contributed by atoms with Crippen molar-refractivity contribution in [2.75, 3.05) is 0 Å². The van der Waals surface area contributed by atoms with Crippen LogP contribution < -0.4 is 8.85 Å². The van der Waals surface area contributed by atoms with Gasteiger partial charge < -0.3 is 8.85 Å². The van der Waals surface area contributed by atoms with Crippen LogP contribution in [0.3, 0.4) is 0 Å². The van der Waals surface area contributed by atoms with Crippen LogP contribution >= 0.6 is 15.9 Å². The quantitative estimate of drug-likeness (QED) is 0.732. The molecule has 0 bridgehead atoms. The molecule has 0 N–H and O–H groups in total.